The van der Waals surface area contributed by atoms with Crippen LogP contribution in [0, 0.1) is 0 Å². The second-order valence-electron chi connectivity index (χ2n) is 4.16. The highest BCUT2D eigenvalue weighted by atomic mass is 16.5. The van der Waals surface area contributed by atoms with Crippen LogP contribution in [0.25, 0.3) is 0 Å². The fourth-order valence-electron chi connectivity index (χ4n) is 1.54. The van der Waals surface area contributed by atoms with Gasteiger partial charge in [-0.15, -0.1) is 0 Å². The number of ether oxygens (including phenoxy) is 1. The quantitative estimate of drug-likeness (QED) is 0.745. The van der Waals surface area contributed by atoms with Crippen molar-refractivity contribution in [3.63, 3.8) is 0 Å². The Kier molecular flexibility index (Phi) is 4.26. The van der Waals surface area contributed by atoms with Crippen molar-refractivity contribution < 1.29 is 19.7 Å². The Morgan fingerprint density at radius 2 is 2.38 bits per heavy atom. The molecular weight excluding hydrogens is 208 g/mol. The second kappa shape index (κ2) is 5.27. The maximum Gasteiger partial charge on any atom is 0.333 e. The molecule has 1 rings (SSSR count). The van der Waals surface area contributed by atoms with E-state index in [4.69, 9.17) is 9.84 Å². The number of hydrogen-bond donors (Lipinski definition) is 2. The molecule has 4 nitrogen and oxygen atoms in total. The van der Waals surface area contributed by atoms with Crippen LogP contribution in [0.3, 0.4) is 0 Å². The third kappa shape index (κ3) is 3.79. The van der Waals surface area contributed by atoms with Crippen LogP contribution in [-0.4, -0.2) is 34.5 Å². The standard InChI is InChI=1S/C12H18O4/c1-3-16-10(11(13)14)8-9-4-6-12(2,15)7-5-9/h4-6,10,15H,3,7-8H2,1-2H3,(H,13,14). The summed E-state index contributed by atoms with van der Waals surface area (Å²) < 4.78 is 5.12. The highest BCUT2D eigenvalue weighted by molar-refractivity contribution is 5.72. The minimum atomic E-state index is -0.950. The van der Waals surface area contributed by atoms with Crippen LogP contribution < -0.4 is 0 Å². The summed E-state index contributed by atoms with van der Waals surface area (Å²) in [5.41, 5.74) is 0.0840. The Balaban J connectivity index is 2.58. The van der Waals surface area contributed by atoms with Gasteiger partial charge in [-0.3, -0.25) is 0 Å². The molecule has 0 heterocycles. The summed E-state index contributed by atoms with van der Waals surface area (Å²) in [6.07, 6.45) is 5.36. The van der Waals surface area contributed by atoms with Crippen molar-refractivity contribution >= 4 is 5.97 Å². The largest absolute Gasteiger partial charge is 0.479 e. The highest BCUT2D eigenvalue weighted by Crippen LogP contribution is 2.23. The summed E-state index contributed by atoms with van der Waals surface area (Å²) in [5, 5.41) is 18.6. The van der Waals surface area contributed by atoms with Crippen LogP contribution in [0.5, 0.6) is 0 Å². The first-order valence-corrected chi connectivity index (χ1v) is 5.39. The van der Waals surface area contributed by atoms with Gasteiger partial charge in [0.15, 0.2) is 6.10 Å². The lowest BCUT2D eigenvalue weighted by atomic mass is 9.92. The molecule has 1 aliphatic rings. The molecule has 4 heteroatoms. The summed E-state index contributed by atoms with van der Waals surface area (Å²) in [6, 6.07) is 0. The lowest BCUT2D eigenvalue weighted by molar-refractivity contribution is -0.149. The van der Waals surface area contributed by atoms with E-state index in [0.717, 1.165) is 5.57 Å². The van der Waals surface area contributed by atoms with E-state index in [1.807, 2.05) is 6.08 Å². The Morgan fingerprint density at radius 3 is 2.81 bits per heavy atom. The zero-order chi connectivity index (χ0) is 12.2. The first-order valence-electron chi connectivity index (χ1n) is 5.39. The van der Waals surface area contributed by atoms with Crippen LogP contribution in [0.4, 0.5) is 0 Å². The van der Waals surface area contributed by atoms with Crippen molar-refractivity contribution in [2.24, 2.45) is 0 Å². The molecule has 0 spiro atoms. The fraction of sp³-hybridized carbons (Fsp3) is 0.583. The van der Waals surface area contributed by atoms with Crippen molar-refractivity contribution in [2.75, 3.05) is 6.61 Å². The zero-order valence-corrected chi connectivity index (χ0v) is 9.64. The van der Waals surface area contributed by atoms with E-state index in [2.05, 4.69) is 0 Å². The van der Waals surface area contributed by atoms with Gasteiger partial charge in [0.25, 0.3) is 0 Å². The Hall–Kier alpha value is -1.13. The SMILES string of the molecule is CCOC(CC1=CCC(C)(O)C=C1)C(=O)O. The number of carboxylic acid groups (broad SMARTS) is 1. The van der Waals surface area contributed by atoms with Crippen LogP contribution in [0.15, 0.2) is 23.8 Å². The van der Waals surface area contributed by atoms with Gasteiger partial charge in [-0.1, -0.05) is 18.2 Å². The van der Waals surface area contributed by atoms with E-state index in [1.54, 1.807) is 26.0 Å². The van der Waals surface area contributed by atoms with Crippen molar-refractivity contribution in [3.8, 4) is 0 Å². The molecular formula is C12H18O4. The van der Waals surface area contributed by atoms with Crippen LogP contribution >= 0.6 is 0 Å². The van der Waals surface area contributed by atoms with E-state index in [9.17, 15) is 9.90 Å². The molecule has 0 aromatic carbocycles. The van der Waals surface area contributed by atoms with Gasteiger partial charge in [0, 0.05) is 13.0 Å². The Morgan fingerprint density at radius 1 is 1.69 bits per heavy atom. The first kappa shape index (κ1) is 12.9. The maximum absolute atomic E-state index is 10.9. The summed E-state index contributed by atoms with van der Waals surface area (Å²) in [6.45, 7) is 3.87. The molecule has 0 aromatic heterocycles. The molecule has 0 radical (unpaired) electrons. The molecule has 0 bridgehead atoms. The van der Waals surface area contributed by atoms with Crippen LogP contribution in [0.2, 0.25) is 0 Å². The fourth-order valence-corrected chi connectivity index (χ4v) is 1.54. The monoisotopic (exact) mass is 226 g/mol. The average molecular weight is 226 g/mol. The molecule has 2 unspecified atom stereocenters. The molecule has 0 aliphatic heterocycles. The van der Waals surface area contributed by atoms with Gasteiger partial charge < -0.3 is 14.9 Å². The zero-order valence-electron chi connectivity index (χ0n) is 9.64. The van der Waals surface area contributed by atoms with Gasteiger partial charge in [-0.05, 0) is 25.8 Å². The maximum atomic E-state index is 10.9. The summed E-state index contributed by atoms with van der Waals surface area (Å²) >= 11 is 0. The molecule has 1 aliphatic carbocycles. The highest BCUT2D eigenvalue weighted by Gasteiger charge is 2.22. The first-order chi connectivity index (χ1) is 7.44. The molecule has 0 saturated heterocycles. The van der Waals surface area contributed by atoms with Gasteiger partial charge in [0.05, 0.1) is 5.60 Å². The predicted molar refractivity (Wildman–Crippen MR) is 60.1 cm³/mol. The number of aliphatic hydroxyl groups is 1. The lowest BCUT2D eigenvalue weighted by Gasteiger charge is -2.22. The van der Waals surface area contributed by atoms with Gasteiger partial charge in [-0.25, -0.2) is 4.79 Å². The third-order valence-corrected chi connectivity index (χ3v) is 2.50. The second-order valence-corrected chi connectivity index (χ2v) is 4.16. The van der Waals surface area contributed by atoms with E-state index in [-0.39, 0.29) is 0 Å². The Labute approximate surface area is 95.2 Å². The minimum absolute atomic E-state index is 0.343. The Bertz CT molecular complexity index is 315. The van der Waals surface area contributed by atoms with Crippen molar-refractivity contribution in [2.45, 2.75) is 38.4 Å². The topological polar surface area (TPSA) is 66.8 Å². The molecule has 2 N–H and O–H groups in total. The number of allylic oxidation sites excluding steroid dienone is 1. The van der Waals surface area contributed by atoms with Crippen molar-refractivity contribution in [1.29, 1.82) is 0 Å². The van der Waals surface area contributed by atoms with Gasteiger partial charge in [0.2, 0.25) is 0 Å². The van der Waals surface area contributed by atoms with Gasteiger partial charge in [-0.2, -0.15) is 0 Å². The minimum Gasteiger partial charge on any atom is -0.479 e. The average Bonchev–Trinajstić information content (AvgIpc) is 2.20. The van der Waals surface area contributed by atoms with Crippen LogP contribution in [0.1, 0.15) is 26.7 Å². The van der Waals surface area contributed by atoms with E-state index < -0.39 is 17.7 Å². The predicted octanol–water partition coefficient (Wildman–Crippen LogP) is 1.50. The number of carboxylic acids is 1. The number of rotatable bonds is 5. The molecule has 16 heavy (non-hydrogen) atoms. The lowest BCUT2D eigenvalue weighted by Crippen LogP contribution is -2.26. The van der Waals surface area contributed by atoms with E-state index in [1.165, 1.54) is 0 Å². The number of hydrogen-bond acceptors (Lipinski definition) is 3. The molecule has 90 valence electrons. The normalized spacial score (nSPS) is 26.3. The van der Waals surface area contributed by atoms with Crippen molar-refractivity contribution in [3.05, 3.63) is 23.8 Å². The summed E-state index contributed by atoms with van der Waals surface area (Å²) in [5.74, 6) is -0.950. The van der Waals surface area contributed by atoms with Crippen LogP contribution in [-0.2, 0) is 9.53 Å². The van der Waals surface area contributed by atoms with Crippen molar-refractivity contribution in [1.82, 2.24) is 0 Å². The third-order valence-electron chi connectivity index (χ3n) is 2.50. The smallest absolute Gasteiger partial charge is 0.333 e. The summed E-state index contributed by atoms with van der Waals surface area (Å²) in [4.78, 5) is 10.9. The van der Waals surface area contributed by atoms with Gasteiger partial charge in [0.1, 0.15) is 0 Å². The van der Waals surface area contributed by atoms with E-state index >= 15 is 0 Å². The molecule has 0 saturated carbocycles. The van der Waals surface area contributed by atoms with E-state index in [0.29, 0.717) is 19.4 Å². The molecule has 0 amide bonds. The number of aliphatic carboxylic acids is 1. The molecule has 2 atom stereocenters. The molecule has 0 aromatic rings. The molecule has 0 fully saturated rings. The van der Waals surface area contributed by atoms with Gasteiger partial charge >= 0.3 is 5.97 Å². The summed E-state index contributed by atoms with van der Waals surface area (Å²) in [7, 11) is 0. The number of carbonyl (C=O) groups is 1.